The van der Waals surface area contributed by atoms with E-state index in [4.69, 9.17) is 15.1 Å². The highest BCUT2D eigenvalue weighted by molar-refractivity contribution is 7.84. The fourth-order valence-corrected chi connectivity index (χ4v) is 4.28. The maximum Gasteiger partial charge on any atom is 0.333 e. The van der Waals surface area contributed by atoms with Gasteiger partial charge in [-0.05, 0) is 25.1 Å². The lowest BCUT2D eigenvalue weighted by molar-refractivity contribution is -0.115. The van der Waals surface area contributed by atoms with Gasteiger partial charge in [-0.15, -0.1) is 0 Å². The first-order valence-corrected chi connectivity index (χ1v) is 11.8. The van der Waals surface area contributed by atoms with Crippen molar-refractivity contribution in [3.8, 4) is 6.07 Å². The number of nitrogens with zero attached hydrogens (tertiary/aromatic N) is 3. The van der Waals surface area contributed by atoms with Crippen molar-refractivity contribution in [2.75, 3.05) is 18.1 Å². The van der Waals surface area contributed by atoms with E-state index >= 15 is 0 Å². The predicted octanol–water partition coefficient (Wildman–Crippen LogP) is 0.395. The Labute approximate surface area is 200 Å². The molecule has 0 saturated carbocycles. The molecule has 1 amide bonds. The number of hydrogen-bond acceptors (Lipinski definition) is 8. The number of aliphatic hydroxyl groups excluding tert-OH is 1. The minimum Gasteiger partial charge on any atom is -0.512 e. The lowest BCUT2D eigenvalue weighted by Crippen LogP contribution is -2.43. The average Bonchev–Trinajstić information content (AvgIpc) is 3.21. The number of aromatic nitrogens is 2. The Balaban J connectivity index is 1.61. The van der Waals surface area contributed by atoms with E-state index in [2.05, 4.69) is 5.32 Å². The number of halogens is 1. The molecule has 2 aromatic rings. The second-order valence-corrected chi connectivity index (χ2v) is 9.26. The first-order valence-electron chi connectivity index (χ1n) is 10.4. The molecule has 1 aliphatic heterocycles. The fraction of sp³-hybridized carbons (Fsp3) is 0.318. The minimum atomic E-state index is -1.51. The highest BCUT2D eigenvalue weighted by Crippen LogP contribution is 2.26. The molecule has 1 saturated heterocycles. The Kier molecular flexibility index (Phi) is 7.98. The summed E-state index contributed by atoms with van der Waals surface area (Å²) < 4.78 is 33.0. The van der Waals surface area contributed by atoms with Crippen LogP contribution in [-0.2, 0) is 26.9 Å². The molecule has 1 aliphatic rings. The number of benzene rings is 1. The van der Waals surface area contributed by atoms with Crippen molar-refractivity contribution in [1.29, 1.82) is 5.26 Å². The van der Waals surface area contributed by atoms with Gasteiger partial charge in [0.2, 0.25) is 5.78 Å². The van der Waals surface area contributed by atoms with Crippen LogP contribution in [0.2, 0.25) is 0 Å². The number of Topliss-reactive ketones (excluding diaryl/α,β-unsaturated/α-hetero) is 1. The predicted molar refractivity (Wildman–Crippen MR) is 121 cm³/mol. The fourth-order valence-electron chi connectivity index (χ4n) is 3.36. The third-order valence-electron chi connectivity index (χ3n) is 5.20. The molecule has 1 aromatic carbocycles. The lowest BCUT2D eigenvalue weighted by atomic mass is 10.1. The van der Waals surface area contributed by atoms with Crippen LogP contribution in [0.5, 0.6) is 0 Å². The molecule has 0 radical (unpaired) electrons. The van der Waals surface area contributed by atoms with Gasteiger partial charge in [0.05, 0.1) is 12.0 Å². The normalized spacial score (nSPS) is 17.1. The monoisotopic (exact) mass is 504 g/mol. The summed E-state index contributed by atoms with van der Waals surface area (Å²) >= 11 is 0. The summed E-state index contributed by atoms with van der Waals surface area (Å²) in [7, 11) is -1.51. The Bertz CT molecular complexity index is 1390. The molecule has 35 heavy (non-hydrogen) atoms. The number of ether oxygens (including phenoxy) is 1. The van der Waals surface area contributed by atoms with Gasteiger partial charge >= 0.3 is 5.69 Å². The van der Waals surface area contributed by atoms with Crippen LogP contribution in [0, 0.1) is 24.1 Å². The summed E-state index contributed by atoms with van der Waals surface area (Å²) in [6, 6.07) is 4.98. The smallest absolute Gasteiger partial charge is 0.333 e. The lowest BCUT2D eigenvalue weighted by Gasteiger charge is -2.16. The second kappa shape index (κ2) is 10.9. The van der Waals surface area contributed by atoms with Gasteiger partial charge in [-0.1, -0.05) is 0 Å². The number of carbonyl (C=O) groups excluding carboxylic acids is 2. The number of aryl methyl sites for hydroxylation is 1. The van der Waals surface area contributed by atoms with Gasteiger partial charge < -0.3 is 15.2 Å². The summed E-state index contributed by atoms with van der Waals surface area (Å²) in [5.74, 6) is -2.13. The van der Waals surface area contributed by atoms with Crippen LogP contribution in [0.25, 0.3) is 0 Å². The van der Waals surface area contributed by atoms with E-state index < -0.39 is 45.8 Å². The Morgan fingerprint density at radius 2 is 2.11 bits per heavy atom. The zero-order valence-corrected chi connectivity index (χ0v) is 19.3. The maximum absolute atomic E-state index is 13.4. The highest BCUT2D eigenvalue weighted by Gasteiger charge is 2.32. The van der Waals surface area contributed by atoms with Crippen LogP contribution in [0.3, 0.4) is 0 Å². The minimum absolute atomic E-state index is 0.00591. The maximum atomic E-state index is 13.4. The van der Waals surface area contributed by atoms with Gasteiger partial charge in [0.25, 0.3) is 11.5 Å². The molecule has 2 N–H and O–H groups in total. The molecule has 2 heterocycles. The zero-order valence-electron chi connectivity index (χ0n) is 18.5. The van der Waals surface area contributed by atoms with E-state index in [-0.39, 0.29) is 53.5 Å². The summed E-state index contributed by atoms with van der Waals surface area (Å²) in [6.07, 6.45) is 0.558. The molecule has 13 heteroatoms. The van der Waals surface area contributed by atoms with Gasteiger partial charge in [0.15, 0.2) is 12.0 Å². The van der Waals surface area contributed by atoms with E-state index in [9.17, 15) is 27.8 Å². The Hall–Kier alpha value is -4.05. The van der Waals surface area contributed by atoms with E-state index in [1.54, 1.807) is 6.07 Å². The topological polar surface area (TPSA) is 160 Å². The zero-order chi connectivity index (χ0) is 25.7. The molecular weight excluding hydrogens is 483 g/mol. The standard InChI is InChI=1S/C22H21FN4O7S/c1-13-11-27(19-9-17(29)18(12-28)34-19)22(32)26(21(13)31)5-7-35(33)6-4-25-20(30)14-2-3-16(23)15(8-14)10-24/h2-3,8,11-12,19,28H,4-7,9H2,1H3,(H,25,30)/b18-12+. The quantitative estimate of drug-likeness (QED) is 0.386. The van der Waals surface area contributed by atoms with Crippen molar-refractivity contribution in [2.45, 2.75) is 26.1 Å². The largest absolute Gasteiger partial charge is 0.512 e. The number of aliphatic hydroxyl groups is 1. The molecule has 2 unspecified atom stereocenters. The number of nitriles is 1. The van der Waals surface area contributed by atoms with Gasteiger partial charge in [0.1, 0.15) is 18.1 Å². The van der Waals surface area contributed by atoms with Gasteiger partial charge in [0, 0.05) is 52.7 Å². The van der Waals surface area contributed by atoms with Crippen molar-refractivity contribution in [1.82, 2.24) is 14.5 Å². The second-order valence-electron chi connectivity index (χ2n) is 7.56. The number of amides is 1. The third kappa shape index (κ3) is 5.72. The van der Waals surface area contributed by atoms with Crippen molar-refractivity contribution in [3.63, 3.8) is 0 Å². The van der Waals surface area contributed by atoms with E-state index in [0.717, 1.165) is 21.3 Å². The van der Waals surface area contributed by atoms with Gasteiger partial charge in [-0.25, -0.2) is 9.18 Å². The molecule has 0 aliphatic carbocycles. The van der Waals surface area contributed by atoms with Crippen molar-refractivity contribution >= 4 is 22.5 Å². The molecule has 0 bridgehead atoms. The molecule has 0 spiro atoms. The molecule has 2 atom stereocenters. The number of allylic oxidation sites excluding steroid dienone is 1. The third-order valence-corrected chi connectivity index (χ3v) is 6.50. The first kappa shape index (κ1) is 25.6. The molecule has 1 aromatic heterocycles. The summed E-state index contributed by atoms with van der Waals surface area (Å²) in [5, 5.41) is 20.4. The molecule has 1 fully saturated rings. The van der Waals surface area contributed by atoms with Crippen LogP contribution in [0.15, 0.2) is 46.0 Å². The van der Waals surface area contributed by atoms with E-state index in [0.29, 0.717) is 6.26 Å². The van der Waals surface area contributed by atoms with Crippen molar-refractivity contribution < 1.29 is 28.0 Å². The summed E-state index contributed by atoms with van der Waals surface area (Å²) in [6.45, 7) is 1.31. The van der Waals surface area contributed by atoms with E-state index in [1.165, 1.54) is 19.2 Å². The summed E-state index contributed by atoms with van der Waals surface area (Å²) in [4.78, 5) is 49.3. The van der Waals surface area contributed by atoms with E-state index in [1.807, 2.05) is 0 Å². The van der Waals surface area contributed by atoms with Crippen LogP contribution in [0.1, 0.15) is 34.1 Å². The van der Waals surface area contributed by atoms with Crippen molar-refractivity contribution in [2.24, 2.45) is 0 Å². The molecule has 184 valence electrons. The molecule has 11 nitrogen and oxygen atoms in total. The number of rotatable bonds is 8. The Morgan fingerprint density at radius 3 is 2.77 bits per heavy atom. The average molecular weight is 504 g/mol. The number of hydrogen-bond donors (Lipinski definition) is 2. The number of ketones is 1. The van der Waals surface area contributed by atoms with Crippen LogP contribution in [0.4, 0.5) is 4.39 Å². The van der Waals surface area contributed by atoms with Crippen molar-refractivity contribution in [3.05, 3.63) is 79.8 Å². The van der Waals surface area contributed by atoms with Gasteiger partial charge in [-0.3, -0.25) is 27.7 Å². The number of carbonyl (C=O) groups is 2. The molecular formula is C22H21FN4O7S. The van der Waals surface area contributed by atoms with Crippen LogP contribution < -0.4 is 16.6 Å². The summed E-state index contributed by atoms with van der Waals surface area (Å²) in [5.41, 5.74) is -1.33. The van der Waals surface area contributed by atoms with Gasteiger partial charge in [-0.2, -0.15) is 5.26 Å². The highest BCUT2D eigenvalue weighted by atomic mass is 32.2. The van der Waals surface area contributed by atoms with Crippen LogP contribution in [-0.4, -0.2) is 48.2 Å². The SMILES string of the molecule is Cc1cn(C2CC(=O)/C(=C\O)O2)c(=O)n(CCS(=O)CCNC(=O)c2ccc(F)c(C#N)c2)c1=O. The first-order chi connectivity index (χ1) is 16.7. The Morgan fingerprint density at radius 1 is 1.37 bits per heavy atom. The molecule has 3 rings (SSSR count). The van der Waals surface area contributed by atoms with Crippen LogP contribution >= 0.6 is 0 Å². The number of nitrogens with one attached hydrogen (secondary N) is 1.